The molecule has 2 rings (SSSR count). The van der Waals surface area contributed by atoms with Gasteiger partial charge in [-0.05, 0) is 12.0 Å². The van der Waals surface area contributed by atoms with Crippen LogP contribution in [0.1, 0.15) is 13.8 Å². The van der Waals surface area contributed by atoms with Gasteiger partial charge < -0.3 is 4.90 Å². The summed E-state index contributed by atoms with van der Waals surface area (Å²) in [6.07, 6.45) is 1.65. The van der Waals surface area contributed by atoms with E-state index in [0.29, 0.717) is 19.0 Å². The molecule has 108 valence electrons. The molecule has 1 saturated heterocycles. The first-order valence-corrected chi connectivity index (χ1v) is 8.06. The molecule has 1 aromatic heterocycles. The minimum atomic E-state index is -3.42. The van der Waals surface area contributed by atoms with Crippen LogP contribution in [-0.2, 0) is 17.1 Å². The third kappa shape index (κ3) is 3.34. The van der Waals surface area contributed by atoms with Crippen LogP contribution in [0.2, 0.25) is 0 Å². The van der Waals surface area contributed by atoms with Crippen LogP contribution in [0.5, 0.6) is 0 Å². The average molecular weight is 286 g/mol. The lowest BCUT2D eigenvalue weighted by Crippen LogP contribution is -2.49. The van der Waals surface area contributed by atoms with Crippen molar-refractivity contribution >= 4 is 10.0 Å². The molecule has 1 aliphatic heterocycles. The molecule has 0 N–H and O–H groups in total. The lowest BCUT2D eigenvalue weighted by atomic mass is 10.2. The molecule has 0 saturated carbocycles. The van der Waals surface area contributed by atoms with Gasteiger partial charge in [0.2, 0.25) is 0 Å². The first-order valence-electron chi connectivity index (χ1n) is 6.62. The van der Waals surface area contributed by atoms with Crippen LogP contribution in [0.3, 0.4) is 0 Å². The van der Waals surface area contributed by atoms with Gasteiger partial charge in [0, 0.05) is 46.0 Å². The van der Waals surface area contributed by atoms with Crippen molar-refractivity contribution < 1.29 is 8.42 Å². The van der Waals surface area contributed by atoms with Gasteiger partial charge in [0.05, 0.1) is 0 Å². The summed E-state index contributed by atoms with van der Waals surface area (Å²) in [6, 6.07) is 1.55. The molecule has 0 aromatic carbocycles. The molecule has 0 spiro atoms. The van der Waals surface area contributed by atoms with Crippen molar-refractivity contribution in [1.29, 1.82) is 0 Å². The predicted octanol–water partition coefficient (Wildman–Crippen LogP) is 0.382. The van der Waals surface area contributed by atoms with Gasteiger partial charge in [-0.15, -0.1) is 0 Å². The Morgan fingerprint density at radius 1 is 1.26 bits per heavy atom. The van der Waals surface area contributed by atoms with Gasteiger partial charge in [0.25, 0.3) is 10.0 Å². The largest absolute Gasteiger partial charge is 0.300 e. The molecule has 0 atom stereocenters. The van der Waals surface area contributed by atoms with Gasteiger partial charge in [-0.1, -0.05) is 13.8 Å². The molecule has 0 amide bonds. The predicted molar refractivity (Wildman–Crippen MR) is 73.2 cm³/mol. The Morgan fingerprint density at radius 2 is 1.89 bits per heavy atom. The lowest BCUT2D eigenvalue weighted by molar-refractivity contribution is 0.172. The minimum Gasteiger partial charge on any atom is -0.300 e. The molecular weight excluding hydrogens is 264 g/mol. The third-order valence-electron chi connectivity index (χ3n) is 3.25. The Labute approximate surface area is 115 Å². The summed E-state index contributed by atoms with van der Waals surface area (Å²) in [5, 5.41) is 4.14. The number of piperazine rings is 1. The Kier molecular flexibility index (Phi) is 4.27. The van der Waals surface area contributed by atoms with E-state index in [4.69, 9.17) is 0 Å². The number of hydrogen-bond donors (Lipinski definition) is 0. The summed E-state index contributed by atoms with van der Waals surface area (Å²) >= 11 is 0. The minimum absolute atomic E-state index is 0.146. The van der Waals surface area contributed by atoms with E-state index in [0.717, 1.165) is 19.6 Å². The van der Waals surface area contributed by atoms with Gasteiger partial charge in [0.1, 0.15) is 0 Å². The van der Waals surface area contributed by atoms with Crippen LogP contribution >= 0.6 is 0 Å². The summed E-state index contributed by atoms with van der Waals surface area (Å²) < 4.78 is 27.8. The summed E-state index contributed by atoms with van der Waals surface area (Å²) in [6.45, 7) is 8.07. The van der Waals surface area contributed by atoms with Crippen LogP contribution in [-0.4, -0.2) is 60.1 Å². The average Bonchev–Trinajstić information content (AvgIpc) is 2.76. The first-order chi connectivity index (χ1) is 8.89. The summed E-state index contributed by atoms with van der Waals surface area (Å²) in [5.41, 5.74) is 0. The zero-order chi connectivity index (χ0) is 14.0. The highest BCUT2D eigenvalue weighted by atomic mass is 32.2. The van der Waals surface area contributed by atoms with Gasteiger partial charge in [-0.25, -0.2) is 8.42 Å². The quantitative estimate of drug-likeness (QED) is 0.803. The van der Waals surface area contributed by atoms with Crippen molar-refractivity contribution in [3.63, 3.8) is 0 Å². The number of nitrogens with zero attached hydrogens (tertiary/aromatic N) is 4. The van der Waals surface area contributed by atoms with Crippen LogP contribution in [0.25, 0.3) is 0 Å². The molecule has 0 radical (unpaired) electrons. The highest BCUT2D eigenvalue weighted by molar-refractivity contribution is 7.89. The van der Waals surface area contributed by atoms with E-state index < -0.39 is 10.0 Å². The second kappa shape index (κ2) is 5.60. The fourth-order valence-corrected chi connectivity index (χ4v) is 3.71. The summed E-state index contributed by atoms with van der Waals surface area (Å²) in [4.78, 5) is 2.31. The van der Waals surface area contributed by atoms with E-state index in [-0.39, 0.29) is 5.03 Å². The van der Waals surface area contributed by atoms with Gasteiger partial charge in [0.15, 0.2) is 5.03 Å². The number of rotatable bonds is 4. The van der Waals surface area contributed by atoms with Crippen LogP contribution < -0.4 is 0 Å². The Bertz CT molecular complexity index is 516. The SMILES string of the molecule is CC(C)CN1CCN(S(=O)(=O)c2ccn(C)n2)CC1. The summed E-state index contributed by atoms with van der Waals surface area (Å²) in [5.74, 6) is 0.610. The lowest BCUT2D eigenvalue weighted by Gasteiger charge is -2.34. The van der Waals surface area contributed by atoms with E-state index in [2.05, 4.69) is 23.8 Å². The molecule has 6 nitrogen and oxygen atoms in total. The van der Waals surface area contributed by atoms with Gasteiger partial charge in [-0.3, -0.25) is 4.68 Å². The molecule has 2 heterocycles. The third-order valence-corrected chi connectivity index (χ3v) is 5.04. The fourth-order valence-electron chi connectivity index (χ4n) is 2.33. The molecule has 0 bridgehead atoms. The van der Waals surface area contributed by atoms with Crippen LogP contribution in [0.4, 0.5) is 0 Å². The normalized spacial score (nSPS) is 19.2. The molecule has 1 fully saturated rings. The van der Waals surface area contributed by atoms with Crippen molar-refractivity contribution in [2.75, 3.05) is 32.7 Å². The highest BCUT2D eigenvalue weighted by Gasteiger charge is 2.30. The second-order valence-electron chi connectivity index (χ2n) is 5.43. The fraction of sp³-hybridized carbons (Fsp3) is 0.750. The Hall–Kier alpha value is -0.920. The summed E-state index contributed by atoms with van der Waals surface area (Å²) in [7, 11) is -1.70. The second-order valence-corrected chi connectivity index (χ2v) is 7.31. The topological polar surface area (TPSA) is 58.4 Å². The number of aromatic nitrogens is 2. The maximum absolute atomic E-state index is 12.4. The first kappa shape index (κ1) is 14.5. The number of aryl methyl sites for hydroxylation is 1. The molecule has 7 heteroatoms. The molecule has 1 aliphatic rings. The van der Waals surface area contributed by atoms with Crippen molar-refractivity contribution in [3.05, 3.63) is 12.3 Å². The van der Waals surface area contributed by atoms with E-state index >= 15 is 0 Å². The zero-order valence-electron chi connectivity index (χ0n) is 11.8. The molecule has 0 aliphatic carbocycles. The highest BCUT2D eigenvalue weighted by Crippen LogP contribution is 2.16. The van der Waals surface area contributed by atoms with E-state index in [9.17, 15) is 8.42 Å². The molecule has 1 aromatic rings. The van der Waals surface area contributed by atoms with Crippen LogP contribution in [0, 0.1) is 5.92 Å². The number of sulfonamides is 1. The van der Waals surface area contributed by atoms with Gasteiger partial charge in [-0.2, -0.15) is 9.40 Å². The zero-order valence-corrected chi connectivity index (χ0v) is 12.6. The van der Waals surface area contributed by atoms with E-state index in [1.165, 1.54) is 8.99 Å². The maximum atomic E-state index is 12.4. The van der Waals surface area contributed by atoms with E-state index in [1.807, 2.05) is 0 Å². The van der Waals surface area contributed by atoms with E-state index in [1.54, 1.807) is 19.3 Å². The van der Waals surface area contributed by atoms with Crippen molar-refractivity contribution in [2.24, 2.45) is 13.0 Å². The van der Waals surface area contributed by atoms with Gasteiger partial charge >= 0.3 is 0 Å². The van der Waals surface area contributed by atoms with Crippen molar-refractivity contribution in [3.8, 4) is 0 Å². The molecule has 0 unspecified atom stereocenters. The Balaban J connectivity index is 2.01. The standard InChI is InChI=1S/C12H22N4O2S/c1-11(2)10-15-6-8-16(9-7-15)19(17,18)12-4-5-14(3)13-12/h4-5,11H,6-10H2,1-3H3. The smallest absolute Gasteiger partial charge is 0.262 e. The Morgan fingerprint density at radius 3 is 2.37 bits per heavy atom. The molecule has 19 heavy (non-hydrogen) atoms. The van der Waals surface area contributed by atoms with Crippen molar-refractivity contribution in [2.45, 2.75) is 18.9 Å². The molecular formula is C12H22N4O2S. The van der Waals surface area contributed by atoms with Crippen LogP contribution in [0.15, 0.2) is 17.3 Å². The monoisotopic (exact) mass is 286 g/mol. The van der Waals surface area contributed by atoms with Crippen molar-refractivity contribution in [1.82, 2.24) is 19.0 Å². The number of hydrogen-bond acceptors (Lipinski definition) is 4. The maximum Gasteiger partial charge on any atom is 0.262 e.